The van der Waals surface area contributed by atoms with E-state index >= 15 is 0 Å². The summed E-state index contributed by atoms with van der Waals surface area (Å²) in [7, 11) is 0. The van der Waals surface area contributed by atoms with Crippen molar-refractivity contribution in [3.05, 3.63) is 35.9 Å². The predicted octanol–water partition coefficient (Wildman–Crippen LogP) is 2.51. The van der Waals surface area contributed by atoms with Gasteiger partial charge in [-0.2, -0.15) is 0 Å². The van der Waals surface area contributed by atoms with E-state index in [1.165, 1.54) is 4.90 Å². The van der Waals surface area contributed by atoms with Crippen molar-refractivity contribution < 1.29 is 14.3 Å². The van der Waals surface area contributed by atoms with Crippen molar-refractivity contribution >= 4 is 12.0 Å². The van der Waals surface area contributed by atoms with Gasteiger partial charge in [0.25, 0.3) is 0 Å². The van der Waals surface area contributed by atoms with Crippen LogP contribution in [-0.2, 0) is 9.53 Å². The van der Waals surface area contributed by atoms with E-state index in [1.54, 1.807) is 6.92 Å². The van der Waals surface area contributed by atoms with Gasteiger partial charge in [0.05, 0.1) is 6.04 Å². The molecule has 2 amide bonds. The fourth-order valence-electron chi connectivity index (χ4n) is 2.05. The third kappa shape index (κ3) is 2.02. The highest BCUT2D eigenvalue weighted by Crippen LogP contribution is 2.32. The first-order valence-corrected chi connectivity index (χ1v) is 5.72. The van der Waals surface area contributed by atoms with E-state index in [-0.39, 0.29) is 18.1 Å². The van der Waals surface area contributed by atoms with E-state index in [9.17, 15) is 9.59 Å². The van der Waals surface area contributed by atoms with Gasteiger partial charge in [-0.15, -0.1) is 0 Å². The molecule has 0 bridgehead atoms. The van der Waals surface area contributed by atoms with Crippen LogP contribution in [0, 0.1) is 0 Å². The highest BCUT2D eigenvalue weighted by molar-refractivity contribution is 5.93. The quantitative estimate of drug-likeness (QED) is 0.788. The van der Waals surface area contributed by atoms with Gasteiger partial charge >= 0.3 is 6.09 Å². The molecule has 0 unspecified atom stereocenters. The number of hydrogen-bond donors (Lipinski definition) is 0. The molecule has 4 nitrogen and oxygen atoms in total. The van der Waals surface area contributed by atoms with E-state index < -0.39 is 6.09 Å². The number of rotatable bonds is 2. The maximum atomic E-state index is 11.7. The molecule has 1 fully saturated rings. The van der Waals surface area contributed by atoms with Crippen LogP contribution in [0.1, 0.15) is 31.9 Å². The van der Waals surface area contributed by atoms with Crippen molar-refractivity contribution in [2.75, 3.05) is 0 Å². The molecule has 1 aliphatic heterocycles. The molecule has 0 aliphatic carbocycles. The van der Waals surface area contributed by atoms with Crippen molar-refractivity contribution in [2.45, 2.75) is 32.4 Å². The lowest BCUT2D eigenvalue weighted by molar-refractivity contribution is -0.128. The van der Waals surface area contributed by atoms with E-state index in [0.717, 1.165) is 5.56 Å². The van der Waals surface area contributed by atoms with Crippen LogP contribution in [0.3, 0.4) is 0 Å². The molecule has 1 aliphatic rings. The molecule has 0 aromatic heterocycles. The molecule has 0 N–H and O–H groups in total. The summed E-state index contributed by atoms with van der Waals surface area (Å²) in [6, 6.07) is 9.22. The summed E-state index contributed by atoms with van der Waals surface area (Å²) in [5.74, 6) is -0.194. The molecule has 0 radical (unpaired) electrons. The fraction of sp³-hybridized carbons (Fsp3) is 0.385. The van der Waals surface area contributed by atoms with Crippen LogP contribution in [-0.4, -0.2) is 22.9 Å². The summed E-state index contributed by atoms with van der Waals surface area (Å²) in [6.07, 6.45) is -0.599. The first kappa shape index (κ1) is 11.6. The number of imide groups is 1. The number of amides is 2. The Morgan fingerprint density at radius 1 is 1.35 bits per heavy atom. The molecule has 2 rings (SSSR count). The van der Waals surface area contributed by atoms with Gasteiger partial charge in [-0.05, 0) is 12.5 Å². The zero-order chi connectivity index (χ0) is 12.4. The number of carbonyl (C=O) groups is 2. The lowest BCUT2D eigenvalue weighted by Gasteiger charge is -2.18. The fourth-order valence-corrected chi connectivity index (χ4v) is 2.05. The van der Waals surface area contributed by atoms with Crippen LogP contribution in [0.25, 0.3) is 0 Å². The molecule has 0 saturated carbocycles. The van der Waals surface area contributed by atoms with Gasteiger partial charge in [0.15, 0.2) is 0 Å². The Balaban J connectivity index is 2.24. The van der Waals surface area contributed by atoms with Crippen LogP contribution >= 0.6 is 0 Å². The third-order valence-electron chi connectivity index (χ3n) is 2.97. The molecular formula is C13H15NO3. The molecule has 90 valence electrons. The van der Waals surface area contributed by atoms with Crippen LogP contribution in [0.15, 0.2) is 30.3 Å². The van der Waals surface area contributed by atoms with Crippen molar-refractivity contribution in [3.8, 4) is 0 Å². The average Bonchev–Trinajstić information content (AvgIpc) is 2.65. The standard InChI is InChI=1S/C13H15NO3/c1-3-11(15)14-9(2)12(17-13(14)16)10-7-5-4-6-8-10/h4-9,12H,3H2,1-2H3/t9-,12-/m1/s1. The van der Waals surface area contributed by atoms with Crippen LogP contribution in [0.2, 0.25) is 0 Å². The smallest absolute Gasteiger partial charge is 0.417 e. The Morgan fingerprint density at radius 2 is 2.00 bits per heavy atom. The summed E-state index contributed by atoms with van der Waals surface area (Å²) >= 11 is 0. The van der Waals surface area contributed by atoms with E-state index in [4.69, 9.17) is 4.74 Å². The maximum Gasteiger partial charge on any atom is 0.417 e. The van der Waals surface area contributed by atoms with E-state index in [1.807, 2.05) is 37.3 Å². The van der Waals surface area contributed by atoms with Crippen molar-refractivity contribution in [3.63, 3.8) is 0 Å². The summed E-state index contributed by atoms with van der Waals surface area (Å²) < 4.78 is 5.26. The van der Waals surface area contributed by atoms with Crippen LogP contribution < -0.4 is 0 Å². The molecule has 17 heavy (non-hydrogen) atoms. The van der Waals surface area contributed by atoms with Crippen molar-refractivity contribution in [1.82, 2.24) is 4.90 Å². The number of cyclic esters (lactones) is 1. The zero-order valence-corrected chi connectivity index (χ0v) is 9.92. The molecule has 2 atom stereocenters. The Morgan fingerprint density at radius 3 is 2.59 bits per heavy atom. The Hall–Kier alpha value is -1.84. The zero-order valence-electron chi connectivity index (χ0n) is 9.92. The highest BCUT2D eigenvalue weighted by Gasteiger charge is 2.42. The maximum absolute atomic E-state index is 11.7. The minimum absolute atomic E-state index is 0.194. The summed E-state index contributed by atoms with van der Waals surface area (Å²) in [4.78, 5) is 24.5. The predicted molar refractivity (Wildman–Crippen MR) is 62.3 cm³/mol. The lowest BCUT2D eigenvalue weighted by Crippen LogP contribution is -2.37. The van der Waals surface area contributed by atoms with Gasteiger partial charge in [-0.3, -0.25) is 4.79 Å². The highest BCUT2D eigenvalue weighted by atomic mass is 16.6. The number of ether oxygens (including phenoxy) is 1. The minimum atomic E-state index is -0.543. The van der Waals surface area contributed by atoms with Crippen molar-refractivity contribution in [1.29, 1.82) is 0 Å². The summed E-state index contributed by atoms with van der Waals surface area (Å²) in [6.45, 7) is 3.56. The van der Waals surface area contributed by atoms with Gasteiger partial charge in [0.2, 0.25) is 5.91 Å². The van der Waals surface area contributed by atoms with Crippen LogP contribution in [0.4, 0.5) is 4.79 Å². The number of benzene rings is 1. The first-order valence-electron chi connectivity index (χ1n) is 5.72. The van der Waals surface area contributed by atoms with Gasteiger partial charge in [-0.25, -0.2) is 9.69 Å². The topological polar surface area (TPSA) is 46.6 Å². The monoisotopic (exact) mass is 233 g/mol. The molecular weight excluding hydrogens is 218 g/mol. The molecule has 0 spiro atoms. The first-order chi connectivity index (χ1) is 8.15. The SMILES string of the molecule is CCC(=O)N1C(=O)O[C@@H](c2ccccc2)[C@H]1C. The lowest BCUT2D eigenvalue weighted by atomic mass is 10.0. The number of carbonyl (C=O) groups excluding carboxylic acids is 2. The second-order valence-electron chi connectivity index (χ2n) is 4.07. The second-order valence-corrected chi connectivity index (χ2v) is 4.07. The van der Waals surface area contributed by atoms with Gasteiger partial charge < -0.3 is 4.74 Å². The van der Waals surface area contributed by atoms with E-state index in [2.05, 4.69) is 0 Å². The Bertz CT molecular complexity index is 430. The normalized spacial score (nSPS) is 23.6. The summed E-state index contributed by atoms with van der Waals surface area (Å²) in [5.41, 5.74) is 0.916. The molecule has 1 heterocycles. The molecule has 4 heteroatoms. The van der Waals surface area contributed by atoms with E-state index in [0.29, 0.717) is 6.42 Å². The second kappa shape index (κ2) is 4.57. The third-order valence-corrected chi connectivity index (χ3v) is 2.97. The Kier molecular flexibility index (Phi) is 3.13. The minimum Gasteiger partial charge on any atom is -0.439 e. The van der Waals surface area contributed by atoms with Crippen molar-refractivity contribution in [2.24, 2.45) is 0 Å². The largest absolute Gasteiger partial charge is 0.439 e. The molecule has 1 saturated heterocycles. The number of hydrogen-bond acceptors (Lipinski definition) is 3. The molecule has 1 aromatic rings. The van der Waals surface area contributed by atoms with Gasteiger partial charge in [0, 0.05) is 6.42 Å². The molecule has 1 aromatic carbocycles. The van der Waals surface area contributed by atoms with Gasteiger partial charge in [-0.1, -0.05) is 37.3 Å². The Labute approximate surface area is 100 Å². The van der Waals surface area contributed by atoms with Gasteiger partial charge in [0.1, 0.15) is 6.10 Å². The summed E-state index contributed by atoms with van der Waals surface area (Å²) in [5, 5.41) is 0. The number of nitrogens with zero attached hydrogens (tertiary/aromatic N) is 1. The average molecular weight is 233 g/mol. The van der Waals surface area contributed by atoms with Crippen LogP contribution in [0.5, 0.6) is 0 Å².